The van der Waals surface area contributed by atoms with E-state index in [4.69, 9.17) is 10.2 Å². The maximum Gasteiger partial charge on any atom is 0.408 e. The van der Waals surface area contributed by atoms with E-state index in [2.05, 4.69) is 0 Å². The van der Waals surface area contributed by atoms with E-state index in [1.165, 1.54) is 11.8 Å². The second kappa shape index (κ2) is 3.10. The molecule has 1 heterocycles. The monoisotopic (exact) mass is 205 g/mol. The first-order valence-corrected chi connectivity index (χ1v) is 4.71. The van der Waals surface area contributed by atoms with Crippen LogP contribution in [0, 0.1) is 0 Å². The Labute approximate surface area is 79.7 Å². The molecule has 0 bridgehead atoms. The molecule has 0 aliphatic carbocycles. The molecule has 0 aromatic carbocycles. The molecule has 13 heavy (non-hydrogen) atoms. The molecule has 1 saturated heterocycles. The van der Waals surface area contributed by atoms with Crippen LogP contribution in [0.1, 0.15) is 13.8 Å². The van der Waals surface area contributed by atoms with E-state index in [9.17, 15) is 9.59 Å². The fourth-order valence-corrected chi connectivity index (χ4v) is 2.48. The van der Waals surface area contributed by atoms with E-state index >= 15 is 0 Å². The molecule has 1 rings (SSSR count). The van der Waals surface area contributed by atoms with Crippen molar-refractivity contribution in [3.8, 4) is 0 Å². The number of rotatable bonds is 1. The van der Waals surface area contributed by atoms with Crippen molar-refractivity contribution >= 4 is 23.8 Å². The van der Waals surface area contributed by atoms with Crippen LogP contribution in [0.5, 0.6) is 0 Å². The van der Waals surface area contributed by atoms with Gasteiger partial charge in [-0.3, -0.25) is 4.90 Å². The molecule has 1 atom stereocenters. The van der Waals surface area contributed by atoms with Crippen molar-refractivity contribution in [2.24, 2.45) is 0 Å². The third-order valence-corrected chi connectivity index (χ3v) is 3.40. The highest BCUT2D eigenvalue weighted by Crippen LogP contribution is 2.39. The van der Waals surface area contributed by atoms with E-state index < -0.39 is 22.9 Å². The Balaban J connectivity index is 2.92. The molecule has 0 saturated carbocycles. The Bertz CT molecular complexity index is 253. The van der Waals surface area contributed by atoms with E-state index in [-0.39, 0.29) is 5.88 Å². The third-order valence-electron chi connectivity index (χ3n) is 2.03. The molecule has 1 amide bonds. The van der Waals surface area contributed by atoms with E-state index in [0.717, 1.165) is 4.90 Å². The minimum atomic E-state index is -1.18. The van der Waals surface area contributed by atoms with Crippen LogP contribution in [0.2, 0.25) is 0 Å². The van der Waals surface area contributed by atoms with Gasteiger partial charge in [-0.05, 0) is 13.8 Å². The molecule has 1 aliphatic heterocycles. The van der Waals surface area contributed by atoms with Gasteiger partial charge in [-0.25, -0.2) is 9.59 Å². The highest BCUT2D eigenvalue weighted by Gasteiger charge is 2.48. The molecular weight excluding hydrogens is 194 g/mol. The summed E-state index contributed by atoms with van der Waals surface area (Å²) in [6.07, 6.45) is -1.18. The summed E-state index contributed by atoms with van der Waals surface area (Å²) >= 11 is 1.34. The first-order valence-electron chi connectivity index (χ1n) is 3.72. The Morgan fingerprint density at radius 3 is 2.31 bits per heavy atom. The lowest BCUT2D eigenvalue weighted by atomic mass is 10.0. The van der Waals surface area contributed by atoms with Gasteiger partial charge in [0, 0.05) is 4.75 Å². The average Bonchev–Trinajstić information content (AvgIpc) is 2.24. The van der Waals surface area contributed by atoms with Crippen molar-refractivity contribution < 1.29 is 19.8 Å². The van der Waals surface area contributed by atoms with Gasteiger partial charge in [0.2, 0.25) is 0 Å². The molecule has 1 unspecified atom stereocenters. The van der Waals surface area contributed by atoms with Crippen molar-refractivity contribution in [2.45, 2.75) is 24.6 Å². The highest BCUT2D eigenvalue weighted by atomic mass is 32.2. The van der Waals surface area contributed by atoms with Crippen LogP contribution in [0.4, 0.5) is 4.79 Å². The van der Waals surface area contributed by atoms with Gasteiger partial charge in [-0.1, -0.05) is 0 Å². The van der Waals surface area contributed by atoms with Crippen molar-refractivity contribution in [1.82, 2.24) is 4.90 Å². The lowest BCUT2D eigenvalue weighted by molar-refractivity contribution is -0.142. The van der Waals surface area contributed by atoms with Crippen LogP contribution in [0.3, 0.4) is 0 Å². The maximum absolute atomic E-state index is 10.8. The van der Waals surface area contributed by atoms with Crippen LogP contribution < -0.4 is 0 Å². The van der Waals surface area contributed by atoms with Crippen LogP contribution in [-0.2, 0) is 4.79 Å². The average molecular weight is 205 g/mol. The number of nitrogens with zero attached hydrogens (tertiary/aromatic N) is 1. The number of hydrogen-bond donors (Lipinski definition) is 2. The van der Waals surface area contributed by atoms with Crippen LogP contribution in [-0.4, -0.2) is 43.8 Å². The predicted octanol–water partition coefficient (Wildman–Crippen LogP) is 0.903. The van der Waals surface area contributed by atoms with Gasteiger partial charge in [0.15, 0.2) is 0 Å². The first-order chi connectivity index (χ1) is 5.86. The van der Waals surface area contributed by atoms with Crippen molar-refractivity contribution in [3.05, 3.63) is 0 Å². The minimum absolute atomic E-state index is 0.222. The smallest absolute Gasteiger partial charge is 0.408 e. The van der Waals surface area contributed by atoms with Crippen LogP contribution in [0.25, 0.3) is 0 Å². The molecule has 0 radical (unpaired) electrons. The fourth-order valence-electron chi connectivity index (χ4n) is 1.36. The van der Waals surface area contributed by atoms with E-state index in [0.29, 0.717) is 0 Å². The lowest BCUT2D eigenvalue weighted by Crippen LogP contribution is -2.48. The summed E-state index contributed by atoms with van der Waals surface area (Å²) in [5.41, 5.74) is 0. The van der Waals surface area contributed by atoms with Crippen molar-refractivity contribution in [3.63, 3.8) is 0 Å². The molecule has 1 aliphatic rings. The quantitative estimate of drug-likeness (QED) is 0.665. The highest BCUT2D eigenvalue weighted by molar-refractivity contribution is 8.00. The summed E-state index contributed by atoms with van der Waals surface area (Å²) in [5, 5.41) is 17.6. The summed E-state index contributed by atoms with van der Waals surface area (Å²) in [5.74, 6) is -0.864. The second-order valence-corrected chi connectivity index (χ2v) is 4.97. The SMILES string of the molecule is CC1(C)SCN(C(=O)O)C1C(=O)O. The Hall–Kier alpha value is -0.910. The number of carboxylic acids is 1. The number of carbonyl (C=O) groups is 2. The summed E-state index contributed by atoms with van der Waals surface area (Å²) in [4.78, 5) is 22.4. The lowest BCUT2D eigenvalue weighted by Gasteiger charge is -2.25. The number of hydrogen-bond acceptors (Lipinski definition) is 3. The van der Waals surface area contributed by atoms with Gasteiger partial charge in [0.25, 0.3) is 0 Å². The van der Waals surface area contributed by atoms with Crippen molar-refractivity contribution in [2.75, 3.05) is 5.88 Å². The Morgan fingerprint density at radius 2 is 2.00 bits per heavy atom. The number of thioether (sulfide) groups is 1. The zero-order valence-electron chi connectivity index (χ0n) is 7.35. The standard InChI is InChI=1S/C7H11NO4S/c1-7(2)4(5(9)10)8(3-13-7)6(11)12/h4H,3H2,1-2H3,(H,9,10)(H,11,12). The van der Waals surface area contributed by atoms with Gasteiger partial charge < -0.3 is 10.2 Å². The molecule has 0 spiro atoms. The second-order valence-electron chi connectivity index (χ2n) is 3.37. The topological polar surface area (TPSA) is 77.8 Å². The van der Waals surface area contributed by atoms with E-state index in [1.54, 1.807) is 13.8 Å². The summed E-state index contributed by atoms with van der Waals surface area (Å²) in [6.45, 7) is 3.47. The molecule has 5 nitrogen and oxygen atoms in total. The van der Waals surface area contributed by atoms with Gasteiger partial charge >= 0.3 is 12.1 Å². The summed E-state index contributed by atoms with van der Waals surface area (Å²) < 4.78 is -0.551. The molecule has 0 aromatic rings. The zero-order chi connectivity index (χ0) is 10.2. The zero-order valence-corrected chi connectivity index (χ0v) is 8.17. The van der Waals surface area contributed by atoms with E-state index in [1.807, 2.05) is 0 Å². The molecule has 1 fully saturated rings. The normalized spacial score (nSPS) is 26.0. The Kier molecular flexibility index (Phi) is 2.42. The predicted molar refractivity (Wildman–Crippen MR) is 47.8 cm³/mol. The van der Waals surface area contributed by atoms with Crippen LogP contribution >= 0.6 is 11.8 Å². The summed E-state index contributed by atoms with van der Waals surface area (Å²) in [6, 6.07) is -0.949. The van der Waals surface area contributed by atoms with Gasteiger partial charge in [0.05, 0.1) is 5.88 Å². The molecule has 74 valence electrons. The number of carboxylic acid groups (broad SMARTS) is 2. The fraction of sp³-hybridized carbons (Fsp3) is 0.714. The molecule has 0 aromatic heterocycles. The largest absolute Gasteiger partial charge is 0.480 e. The van der Waals surface area contributed by atoms with Gasteiger partial charge in [-0.2, -0.15) is 0 Å². The number of aliphatic carboxylic acids is 1. The molecule has 2 N–H and O–H groups in total. The summed E-state index contributed by atoms with van der Waals surface area (Å²) in [7, 11) is 0. The maximum atomic E-state index is 10.8. The molecule has 6 heteroatoms. The molecular formula is C7H11NO4S. The van der Waals surface area contributed by atoms with Gasteiger partial charge in [0.1, 0.15) is 6.04 Å². The first kappa shape index (κ1) is 10.2. The van der Waals surface area contributed by atoms with Gasteiger partial charge in [-0.15, -0.1) is 11.8 Å². The Morgan fingerprint density at radius 1 is 1.46 bits per heavy atom. The number of amides is 1. The third kappa shape index (κ3) is 1.72. The van der Waals surface area contributed by atoms with Crippen LogP contribution in [0.15, 0.2) is 0 Å². The minimum Gasteiger partial charge on any atom is -0.480 e. The van der Waals surface area contributed by atoms with Crippen molar-refractivity contribution in [1.29, 1.82) is 0 Å².